The third-order valence-corrected chi connectivity index (χ3v) is 2.32. The number of carbonyl (C=O) groups is 1. The molecule has 2 rings (SSSR count). The van der Waals surface area contributed by atoms with Crippen LogP contribution in [0.1, 0.15) is 19.8 Å². The lowest BCUT2D eigenvalue weighted by Gasteiger charge is -1.99. The fraction of sp³-hybridized carbons (Fsp3) is 0.214. The quantitative estimate of drug-likeness (QED) is 0.746. The van der Waals surface area contributed by atoms with Crippen molar-refractivity contribution in [3.8, 4) is 0 Å². The maximum Gasteiger partial charge on any atom is 0.330 e. The predicted octanol–water partition coefficient (Wildman–Crippen LogP) is 2.58. The number of carboxylic acids is 1. The number of carboxylic acid groups (broad SMARTS) is 1. The number of hydrogen-bond donors (Lipinski definition) is 1. The van der Waals surface area contributed by atoms with Gasteiger partial charge in [0.05, 0.1) is 0 Å². The molecule has 0 aliphatic heterocycles. The summed E-state index contributed by atoms with van der Waals surface area (Å²) in [6.07, 6.45) is 15.4. The summed E-state index contributed by atoms with van der Waals surface area (Å²) in [5, 5.41) is 7.89. The number of allylic oxidation sites excluding steroid dienone is 8. The minimum Gasteiger partial charge on any atom is -0.478 e. The SMILES string of the molecule is C1=CCC(C2=CC=CC2)=C1.C=C(C)C(=O)O.O. The summed E-state index contributed by atoms with van der Waals surface area (Å²) in [5.41, 5.74) is 3.16. The van der Waals surface area contributed by atoms with E-state index in [1.54, 1.807) is 0 Å². The van der Waals surface area contributed by atoms with Crippen LogP contribution in [-0.4, -0.2) is 16.6 Å². The average Bonchev–Trinajstić information content (AvgIpc) is 2.91. The van der Waals surface area contributed by atoms with Crippen LogP contribution >= 0.6 is 0 Å². The molecule has 0 unspecified atom stereocenters. The number of rotatable bonds is 2. The highest BCUT2D eigenvalue weighted by atomic mass is 16.4. The average molecular weight is 234 g/mol. The zero-order chi connectivity index (χ0) is 12.0. The Morgan fingerprint density at radius 1 is 1.18 bits per heavy atom. The van der Waals surface area contributed by atoms with Crippen molar-refractivity contribution in [2.75, 3.05) is 0 Å². The standard InChI is InChI=1S/C10H10.C4H6O2.H2O/c1-2-6-9(5-1)10-7-3-4-8-10;1-3(2)4(5)6;/h1-5,7H,6,8H2;1H2,2H3,(H,5,6);1H2. The fourth-order valence-corrected chi connectivity index (χ4v) is 1.37. The number of aliphatic carboxylic acids is 1. The Kier molecular flexibility index (Phi) is 6.60. The molecule has 0 fully saturated rings. The zero-order valence-electron chi connectivity index (χ0n) is 9.94. The molecule has 0 saturated heterocycles. The van der Waals surface area contributed by atoms with Gasteiger partial charge in [0.15, 0.2) is 0 Å². The van der Waals surface area contributed by atoms with Crippen molar-refractivity contribution in [2.24, 2.45) is 0 Å². The molecule has 92 valence electrons. The molecule has 0 aromatic carbocycles. The van der Waals surface area contributed by atoms with Crippen LogP contribution in [0, 0.1) is 0 Å². The second-order valence-electron chi connectivity index (χ2n) is 3.73. The molecule has 0 aromatic rings. The molecule has 3 N–H and O–H groups in total. The molecule has 0 spiro atoms. The Morgan fingerprint density at radius 2 is 1.53 bits per heavy atom. The summed E-state index contributed by atoms with van der Waals surface area (Å²) in [6, 6.07) is 0. The first-order chi connectivity index (χ1) is 7.61. The van der Waals surface area contributed by atoms with Gasteiger partial charge in [-0.1, -0.05) is 43.0 Å². The van der Waals surface area contributed by atoms with Crippen LogP contribution < -0.4 is 0 Å². The van der Waals surface area contributed by atoms with Gasteiger partial charge >= 0.3 is 5.97 Å². The Balaban J connectivity index is 0.000000324. The van der Waals surface area contributed by atoms with Gasteiger partial charge in [-0.3, -0.25) is 0 Å². The second-order valence-corrected chi connectivity index (χ2v) is 3.73. The Bertz CT molecular complexity index is 369. The van der Waals surface area contributed by atoms with E-state index >= 15 is 0 Å². The molecule has 0 amide bonds. The van der Waals surface area contributed by atoms with E-state index in [2.05, 4.69) is 43.0 Å². The van der Waals surface area contributed by atoms with E-state index in [1.807, 2.05) is 0 Å². The second kappa shape index (κ2) is 7.41. The predicted molar refractivity (Wildman–Crippen MR) is 69.7 cm³/mol. The minimum atomic E-state index is -0.935. The van der Waals surface area contributed by atoms with Crippen LogP contribution in [0.5, 0.6) is 0 Å². The third-order valence-electron chi connectivity index (χ3n) is 2.32. The lowest BCUT2D eigenvalue weighted by atomic mass is 10.1. The summed E-state index contributed by atoms with van der Waals surface area (Å²) in [7, 11) is 0. The highest BCUT2D eigenvalue weighted by Crippen LogP contribution is 2.25. The van der Waals surface area contributed by atoms with E-state index in [9.17, 15) is 4.79 Å². The molecule has 0 radical (unpaired) electrons. The molecule has 0 saturated carbocycles. The van der Waals surface area contributed by atoms with Crippen LogP contribution in [0.25, 0.3) is 0 Å². The third kappa shape index (κ3) is 5.13. The van der Waals surface area contributed by atoms with E-state index in [0.29, 0.717) is 0 Å². The van der Waals surface area contributed by atoms with Crippen molar-refractivity contribution in [3.63, 3.8) is 0 Å². The van der Waals surface area contributed by atoms with Crippen LogP contribution in [0.3, 0.4) is 0 Å². The van der Waals surface area contributed by atoms with Gasteiger partial charge in [-0.15, -0.1) is 0 Å². The van der Waals surface area contributed by atoms with Crippen molar-refractivity contribution in [1.82, 2.24) is 0 Å². The fourth-order valence-electron chi connectivity index (χ4n) is 1.37. The molecule has 0 heterocycles. The van der Waals surface area contributed by atoms with Gasteiger partial charge in [0.2, 0.25) is 0 Å². The first-order valence-corrected chi connectivity index (χ1v) is 5.22. The van der Waals surface area contributed by atoms with Gasteiger partial charge in [-0.2, -0.15) is 0 Å². The highest BCUT2D eigenvalue weighted by Gasteiger charge is 2.05. The molecule has 3 nitrogen and oxygen atoms in total. The smallest absolute Gasteiger partial charge is 0.330 e. The summed E-state index contributed by atoms with van der Waals surface area (Å²) >= 11 is 0. The Hall–Kier alpha value is -1.87. The highest BCUT2D eigenvalue weighted by molar-refractivity contribution is 5.84. The van der Waals surface area contributed by atoms with E-state index < -0.39 is 5.97 Å². The summed E-state index contributed by atoms with van der Waals surface area (Å²) in [5.74, 6) is -0.935. The van der Waals surface area contributed by atoms with Crippen LogP contribution in [0.2, 0.25) is 0 Å². The summed E-state index contributed by atoms with van der Waals surface area (Å²) < 4.78 is 0. The lowest BCUT2D eigenvalue weighted by Crippen LogP contribution is -1.92. The maximum absolute atomic E-state index is 9.60. The molecule has 2 aliphatic rings. The maximum atomic E-state index is 9.60. The largest absolute Gasteiger partial charge is 0.478 e. The topological polar surface area (TPSA) is 68.8 Å². The van der Waals surface area contributed by atoms with Crippen LogP contribution in [0.15, 0.2) is 59.8 Å². The van der Waals surface area contributed by atoms with Crippen molar-refractivity contribution < 1.29 is 15.4 Å². The molecular formula is C14H18O3. The van der Waals surface area contributed by atoms with Gasteiger partial charge in [0.25, 0.3) is 0 Å². The molecule has 3 heteroatoms. The van der Waals surface area contributed by atoms with E-state index in [4.69, 9.17) is 5.11 Å². The van der Waals surface area contributed by atoms with E-state index in [1.165, 1.54) is 18.1 Å². The summed E-state index contributed by atoms with van der Waals surface area (Å²) in [4.78, 5) is 9.60. The van der Waals surface area contributed by atoms with Gasteiger partial charge in [0.1, 0.15) is 0 Å². The Labute approximate surface area is 101 Å². The van der Waals surface area contributed by atoms with Gasteiger partial charge in [-0.05, 0) is 30.9 Å². The minimum absolute atomic E-state index is 0. The zero-order valence-corrected chi connectivity index (χ0v) is 9.94. The van der Waals surface area contributed by atoms with Crippen LogP contribution in [0.4, 0.5) is 0 Å². The molecule has 17 heavy (non-hydrogen) atoms. The van der Waals surface area contributed by atoms with Crippen LogP contribution in [-0.2, 0) is 4.79 Å². The summed E-state index contributed by atoms with van der Waals surface area (Å²) in [6.45, 7) is 4.60. The molecule has 2 aliphatic carbocycles. The van der Waals surface area contributed by atoms with Gasteiger partial charge in [0, 0.05) is 5.57 Å². The lowest BCUT2D eigenvalue weighted by molar-refractivity contribution is -0.132. The molecular weight excluding hydrogens is 216 g/mol. The molecule has 0 bridgehead atoms. The van der Waals surface area contributed by atoms with Crippen molar-refractivity contribution in [3.05, 3.63) is 59.8 Å². The van der Waals surface area contributed by atoms with Crippen molar-refractivity contribution in [2.45, 2.75) is 19.8 Å². The van der Waals surface area contributed by atoms with Gasteiger partial charge in [-0.25, -0.2) is 4.79 Å². The molecule has 0 atom stereocenters. The normalized spacial score (nSPS) is 15.4. The van der Waals surface area contributed by atoms with E-state index in [-0.39, 0.29) is 11.0 Å². The van der Waals surface area contributed by atoms with Crippen molar-refractivity contribution >= 4 is 5.97 Å². The Morgan fingerprint density at radius 3 is 1.71 bits per heavy atom. The van der Waals surface area contributed by atoms with Gasteiger partial charge < -0.3 is 10.6 Å². The van der Waals surface area contributed by atoms with E-state index in [0.717, 1.165) is 12.8 Å². The first-order valence-electron chi connectivity index (χ1n) is 5.22. The monoisotopic (exact) mass is 234 g/mol. The van der Waals surface area contributed by atoms with Crippen molar-refractivity contribution in [1.29, 1.82) is 0 Å². The number of hydrogen-bond acceptors (Lipinski definition) is 1. The first kappa shape index (κ1) is 15.1. The molecule has 0 aromatic heterocycles.